The van der Waals surface area contributed by atoms with E-state index in [1.165, 1.54) is 0 Å². The Morgan fingerprint density at radius 3 is 1.59 bits per heavy atom. The fourth-order valence-corrected chi connectivity index (χ4v) is 2.43. The standard InChI is InChI=1S/C20H18O2/c21-19(16-10-4-1-5-11-16)20(17-12-6-2-7-13-17)22-18-14-8-3-9-15-18/h1-15,19-21H. The molecule has 2 unspecified atom stereocenters. The predicted octanol–water partition coefficient (Wildman–Crippen LogP) is 4.54. The van der Waals surface area contributed by atoms with Crippen LogP contribution in [0.5, 0.6) is 5.75 Å². The molecule has 3 aromatic rings. The highest BCUT2D eigenvalue weighted by atomic mass is 16.5. The molecule has 22 heavy (non-hydrogen) atoms. The van der Waals surface area contributed by atoms with Crippen molar-refractivity contribution in [2.75, 3.05) is 0 Å². The third-order valence-corrected chi connectivity index (χ3v) is 3.56. The molecule has 1 N–H and O–H groups in total. The molecule has 2 atom stereocenters. The number of hydrogen-bond acceptors (Lipinski definition) is 2. The van der Waals surface area contributed by atoms with Gasteiger partial charge in [-0.15, -0.1) is 0 Å². The maximum atomic E-state index is 10.8. The molecule has 0 fully saturated rings. The van der Waals surface area contributed by atoms with Crippen LogP contribution >= 0.6 is 0 Å². The van der Waals surface area contributed by atoms with Crippen molar-refractivity contribution in [2.24, 2.45) is 0 Å². The molecule has 0 aliphatic carbocycles. The van der Waals surface area contributed by atoms with Gasteiger partial charge in [0.05, 0.1) is 0 Å². The lowest BCUT2D eigenvalue weighted by Crippen LogP contribution is -2.17. The highest BCUT2D eigenvalue weighted by molar-refractivity contribution is 5.28. The number of hydrogen-bond donors (Lipinski definition) is 1. The Hall–Kier alpha value is -2.58. The second-order valence-corrected chi connectivity index (χ2v) is 5.12. The van der Waals surface area contributed by atoms with Gasteiger partial charge in [0.25, 0.3) is 0 Å². The molecule has 0 spiro atoms. The van der Waals surface area contributed by atoms with Crippen molar-refractivity contribution in [2.45, 2.75) is 12.2 Å². The van der Waals surface area contributed by atoms with Crippen molar-refractivity contribution in [1.82, 2.24) is 0 Å². The van der Waals surface area contributed by atoms with E-state index in [2.05, 4.69) is 0 Å². The van der Waals surface area contributed by atoms with Crippen molar-refractivity contribution in [3.05, 3.63) is 102 Å². The molecule has 3 aromatic carbocycles. The van der Waals surface area contributed by atoms with Crippen LogP contribution in [0.3, 0.4) is 0 Å². The Bertz CT molecular complexity index is 681. The van der Waals surface area contributed by atoms with E-state index in [0.717, 1.165) is 16.9 Å². The SMILES string of the molecule is OC(c1ccccc1)C(Oc1ccccc1)c1ccccc1. The van der Waals surface area contributed by atoms with E-state index in [-0.39, 0.29) is 0 Å². The number of benzene rings is 3. The lowest BCUT2D eigenvalue weighted by Gasteiger charge is -2.25. The molecule has 110 valence electrons. The summed E-state index contributed by atoms with van der Waals surface area (Å²) >= 11 is 0. The van der Waals surface area contributed by atoms with Gasteiger partial charge in [0.1, 0.15) is 11.9 Å². The highest BCUT2D eigenvalue weighted by Gasteiger charge is 2.24. The van der Waals surface area contributed by atoms with Gasteiger partial charge in [-0.3, -0.25) is 0 Å². The lowest BCUT2D eigenvalue weighted by molar-refractivity contribution is 0.0343. The summed E-state index contributed by atoms with van der Waals surface area (Å²) in [6.45, 7) is 0. The fraction of sp³-hybridized carbons (Fsp3) is 0.100. The van der Waals surface area contributed by atoms with Gasteiger partial charge in [-0.1, -0.05) is 78.9 Å². The number of aliphatic hydroxyl groups excluding tert-OH is 1. The molecule has 0 amide bonds. The predicted molar refractivity (Wildman–Crippen MR) is 87.7 cm³/mol. The van der Waals surface area contributed by atoms with Crippen LogP contribution in [-0.4, -0.2) is 5.11 Å². The summed E-state index contributed by atoms with van der Waals surface area (Å²) in [5.74, 6) is 0.742. The zero-order valence-electron chi connectivity index (χ0n) is 12.2. The quantitative estimate of drug-likeness (QED) is 0.747. The van der Waals surface area contributed by atoms with Gasteiger partial charge < -0.3 is 9.84 Å². The van der Waals surface area contributed by atoms with Crippen molar-refractivity contribution in [3.63, 3.8) is 0 Å². The van der Waals surface area contributed by atoms with Gasteiger partial charge in [0, 0.05) is 0 Å². The van der Waals surface area contributed by atoms with Crippen LogP contribution in [0, 0.1) is 0 Å². The zero-order chi connectivity index (χ0) is 15.2. The van der Waals surface area contributed by atoms with Crippen molar-refractivity contribution < 1.29 is 9.84 Å². The summed E-state index contributed by atoms with van der Waals surface area (Å²) < 4.78 is 6.07. The number of rotatable bonds is 5. The van der Waals surface area contributed by atoms with Crippen LogP contribution in [0.1, 0.15) is 23.3 Å². The zero-order valence-corrected chi connectivity index (χ0v) is 12.2. The Morgan fingerprint density at radius 1 is 0.591 bits per heavy atom. The summed E-state index contributed by atoms with van der Waals surface area (Å²) in [4.78, 5) is 0. The summed E-state index contributed by atoms with van der Waals surface area (Å²) in [5.41, 5.74) is 1.79. The van der Waals surface area contributed by atoms with Gasteiger partial charge in [0.15, 0.2) is 6.10 Å². The van der Waals surface area contributed by atoms with E-state index in [1.807, 2.05) is 91.0 Å². The first-order valence-electron chi connectivity index (χ1n) is 7.34. The van der Waals surface area contributed by atoms with Gasteiger partial charge in [-0.2, -0.15) is 0 Å². The molecule has 0 aliphatic rings. The minimum absolute atomic E-state index is 0.453. The second kappa shape index (κ2) is 6.92. The van der Waals surface area contributed by atoms with E-state index >= 15 is 0 Å². The summed E-state index contributed by atoms with van der Waals surface area (Å²) in [7, 11) is 0. The summed E-state index contributed by atoms with van der Waals surface area (Å²) in [6, 6.07) is 29.0. The molecule has 0 radical (unpaired) electrons. The van der Waals surface area contributed by atoms with Crippen LogP contribution in [0.15, 0.2) is 91.0 Å². The third-order valence-electron chi connectivity index (χ3n) is 3.56. The molecule has 0 saturated carbocycles. The Balaban J connectivity index is 1.93. The summed E-state index contributed by atoms with van der Waals surface area (Å²) in [5, 5.41) is 10.8. The van der Waals surface area contributed by atoms with E-state index in [0.29, 0.717) is 0 Å². The van der Waals surface area contributed by atoms with E-state index in [9.17, 15) is 5.11 Å². The third kappa shape index (κ3) is 3.35. The van der Waals surface area contributed by atoms with Crippen LogP contribution in [0.25, 0.3) is 0 Å². The smallest absolute Gasteiger partial charge is 0.154 e. The number of ether oxygens (including phenoxy) is 1. The largest absolute Gasteiger partial charge is 0.483 e. The van der Waals surface area contributed by atoms with Crippen LogP contribution < -0.4 is 4.74 Å². The minimum atomic E-state index is -0.733. The van der Waals surface area contributed by atoms with E-state index in [4.69, 9.17) is 4.74 Å². The topological polar surface area (TPSA) is 29.5 Å². The maximum absolute atomic E-state index is 10.8. The Kier molecular flexibility index (Phi) is 4.52. The summed E-state index contributed by atoms with van der Waals surface area (Å²) in [6.07, 6.45) is -1.19. The van der Waals surface area contributed by atoms with Crippen LogP contribution in [0.4, 0.5) is 0 Å². The Morgan fingerprint density at radius 2 is 1.05 bits per heavy atom. The normalized spacial score (nSPS) is 13.3. The average Bonchev–Trinajstić information content (AvgIpc) is 2.61. The number of aliphatic hydroxyl groups is 1. The monoisotopic (exact) mass is 290 g/mol. The molecule has 0 aromatic heterocycles. The van der Waals surface area contributed by atoms with Crippen molar-refractivity contribution in [1.29, 1.82) is 0 Å². The van der Waals surface area contributed by atoms with Crippen LogP contribution in [0.2, 0.25) is 0 Å². The molecule has 0 bridgehead atoms. The molecule has 2 nitrogen and oxygen atoms in total. The van der Waals surface area contributed by atoms with Gasteiger partial charge in [-0.05, 0) is 23.3 Å². The van der Waals surface area contributed by atoms with E-state index < -0.39 is 12.2 Å². The fourth-order valence-electron chi connectivity index (χ4n) is 2.43. The van der Waals surface area contributed by atoms with Gasteiger partial charge in [0.2, 0.25) is 0 Å². The van der Waals surface area contributed by atoms with Crippen LogP contribution in [-0.2, 0) is 0 Å². The van der Waals surface area contributed by atoms with Crippen molar-refractivity contribution in [3.8, 4) is 5.75 Å². The average molecular weight is 290 g/mol. The lowest BCUT2D eigenvalue weighted by atomic mass is 9.98. The first-order valence-corrected chi connectivity index (χ1v) is 7.34. The second-order valence-electron chi connectivity index (χ2n) is 5.12. The Labute approximate surface area is 130 Å². The molecule has 0 heterocycles. The molecule has 2 heteroatoms. The van der Waals surface area contributed by atoms with Crippen molar-refractivity contribution >= 4 is 0 Å². The minimum Gasteiger partial charge on any atom is -0.483 e. The van der Waals surface area contributed by atoms with Gasteiger partial charge >= 0.3 is 0 Å². The first kappa shape index (κ1) is 14.4. The number of para-hydroxylation sites is 1. The maximum Gasteiger partial charge on any atom is 0.154 e. The van der Waals surface area contributed by atoms with E-state index in [1.54, 1.807) is 0 Å². The first-order chi connectivity index (χ1) is 10.8. The molecular formula is C20H18O2. The molecular weight excluding hydrogens is 272 g/mol. The molecule has 0 saturated heterocycles. The molecule has 0 aliphatic heterocycles. The molecule has 3 rings (SSSR count). The van der Waals surface area contributed by atoms with Gasteiger partial charge in [-0.25, -0.2) is 0 Å². The highest BCUT2D eigenvalue weighted by Crippen LogP contribution is 2.33.